The van der Waals surface area contributed by atoms with Gasteiger partial charge < -0.3 is 14.7 Å². The van der Waals surface area contributed by atoms with Gasteiger partial charge in [-0.05, 0) is 5.21 Å². The summed E-state index contributed by atoms with van der Waals surface area (Å²) >= 11 is 0. The number of benzene rings is 1. The van der Waals surface area contributed by atoms with E-state index in [1.807, 2.05) is 30.3 Å². The number of aromatic nitrogens is 3. The molecule has 1 aliphatic rings. The molecule has 0 radical (unpaired) electrons. The van der Waals surface area contributed by atoms with Crippen molar-refractivity contribution in [1.29, 1.82) is 0 Å². The molecule has 1 aromatic heterocycles. The summed E-state index contributed by atoms with van der Waals surface area (Å²) in [4.78, 5) is 30.6. The topological polar surface area (TPSA) is 178 Å². The van der Waals surface area contributed by atoms with Crippen molar-refractivity contribution in [3.05, 3.63) is 41.2 Å². The van der Waals surface area contributed by atoms with Crippen molar-refractivity contribution in [2.75, 3.05) is 0 Å². The molecule has 0 saturated heterocycles. The molecule has 0 bridgehead atoms. The van der Waals surface area contributed by atoms with E-state index in [-0.39, 0.29) is 79.5 Å². The largest absolute Gasteiger partial charge is 1.00 e. The minimum absolute atomic E-state index is 0. The maximum Gasteiger partial charge on any atom is 1.00 e. The molecule has 0 saturated carbocycles. The van der Waals surface area contributed by atoms with E-state index in [0.717, 1.165) is 5.56 Å². The van der Waals surface area contributed by atoms with Gasteiger partial charge in [0.25, 0.3) is 23.2 Å². The van der Waals surface area contributed by atoms with Crippen LogP contribution in [0.4, 0.5) is 0 Å². The molecule has 1 aliphatic heterocycles. The first kappa shape index (κ1) is 21.7. The van der Waals surface area contributed by atoms with E-state index in [4.69, 9.17) is 19.2 Å². The molecule has 0 amide bonds. The van der Waals surface area contributed by atoms with Gasteiger partial charge in [0.15, 0.2) is 0 Å². The first-order valence-corrected chi connectivity index (χ1v) is 8.31. The fourth-order valence-electron chi connectivity index (χ4n) is 1.56. The SMILES string of the molecule is O=P([O-])(O)O.O=S(=O)=C1N=c2nnnc(-c3ccccc3)c2=N1.[Cs+]. The van der Waals surface area contributed by atoms with Crippen molar-refractivity contribution in [2.24, 2.45) is 9.98 Å². The Bertz CT molecular complexity index is 1020. The van der Waals surface area contributed by atoms with Crippen molar-refractivity contribution >= 4 is 23.2 Å². The van der Waals surface area contributed by atoms with E-state index in [0.29, 0.717) is 11.1 Å². The third kappa shape index (κ3) is 6.53. The zero-order chi connectivity index (χ0) is 17.0. The maximum atomic E-state index is 10.8. The Kier molecular flexibility index (Phi) is 8.51. The molecule has 2 aromatic rings. The zero-order valence-corrected chi connectivity index (χ0v) is 20.0. The fourth-order valence-corrected chi connectivity index (χ4v) is 1.89. The van der Waals surface area contributed by atoms with Crippen molar-refractivity contribution in [3.63, 3.8) is 0 Å². The molecule has 2 N–H and O–H groups in total. The molecule has 0 atom stereocenters. The van der Waals surface area contributed by atoms with Gasteiger partial charge in [-0.3, -0.25) is 4.57 Å². The Balaban J connectivity index is 0.000000425. The summed E-state index contributed by atoms with van der Waals surface area (Å²) in [6.45, 7) is 0. The molecule has 24 heavy (non-hydrogen) atoms. The quantitative estimate of drug-likeness (QED) is 0.292. The van der Waals surface area contributed by atoms with Crippen molar-refractivity contribution < 1.29 is 96.6 Å². The second kappa shape index (κ2) is 9.40. The van der Waals surface area contributed by atoms with Crippen LogP contribution in [-0.4, -0.2) is 38.7 Å². The van der Waals surface area contributed by atoms with Crippen LogP contribution in [-0.2, 0) is 14.9 Å². The molecule has 14 heteroatoms. The molecular weight excluding hydrogens is 482 g/mol. The summed E-state index contributed by atoms with van der Waals surface area (Å²) in [6, 6.07) is 9.20. The Morgan fingerprint density at radius 3 is 2.17 bits per heavy atom. The number of hydrogen-bond donors (Lipinski definition) is 2. The molecule has 2 heterocycles. The normalized spacial score (nSPS) is 11.9. The molecule has 3 rings (SSSR count). The zero-order valence-electron chi connectivity index (χ0n) is 12.0. The summed E-state index contributed by atoms with van der Waals surface area (Å²) < 4.78 is 30.4. The Labute approximate surface area is 194 Å². The Hall–Kier alpha value is -0.318. The monoisotopic (exact) mass is 489 g/mol. The number of phosphoric acid groups is 1. The van der Waals surface area contributed by atoms with Gasteiger partial charge in [-0.25, -0.2) is 4.99 Å². The number of hydrogen-bond acceptors (Lipinski definition) is 7. The average molecular weight is 489 g/mol. The fraction of sp³-hybridized carbons (Fsp3) is 0. The van der Waals surface area contributed by atoms with Gasteiger partial charge in [0.1, 0.15) is 11.1 Å². The minimum Gasteiger partial charge on any atom is -0.756 e. The smallest absolute Gasteiger partial charge is 0.756 e. The van der Waals surface area contributed by atoms with Crippen LogP contribution in [0.15, 0.2) is 40.3 Å². The summed E-state index contributed by atoms with van der Waals surface area (Å²) in [6.07, 6.45) is 0. The number of fused-ring (bicyclic) bond motifs is 1. The third-order valence-electron chi connectivity index (χ3n) is 2.33. The van der Waals surface area contributed by atoms with E-state index in [9.17, 15) is 8.42 Å². The van der Waals surface area contributed by atoms with E-state index in [1.54, 1.807) is 0 Å². The number of nitrogens with zero attached hydrogens (tertiary/aromatic N) is 5. The van der Waals surface area contributed by atoms with Crippen molar-refractivity contribution in [2.45, 2.75) is 0 Å². The first-order chi connectivity index (χ1) is 10.8. The van der Waals surface area contributed by atoms with Gasteiger partial charge in [0, 0.05) is 5.56 Å². The van der Waals surface area contributed by atoms with Gasteiger partial charge in [-0.1, -0.05) is 30.3 Å². The summed E-state index contributed by atoms with van der Waals surface area (Å²) in [7, 11) is -7.38. The van der Waals surface area contributed by atoms with Crippen LogP contribution in [0.5, 0.6) is 0 Å². The van der Waals surface area contributed by atoms with Crippen LogP contribution in [0.2, 0.25) is 0 Å². The molecular formula is C10H7CsN5O6PS. The second-order valence-electron chi connectivity index (χ2n) is 3.91. The van der Waals surface area contributed by atoms with Gasteiger partial charge in [0.05, 0.1) is 0 Å². The first-order valence-electron chi connectivity index (χ1n) is 5.70. The van der Waals surface area contributed by atoms with Gasteiger partial charge in [-0.15, -0.1) is 10.2 Å². The van der Waals surface area contributed by atoms with E-state index in [1.165, 1.54) is 0 Å². The summed E-state index contributed by atoms with van der Waals surface area (Å²) in [5.74, 6) is 0. The maximum absolute atomic E-state index is 10.8. The van der Waals surface area contributed by atoms with Crippen molar-refractivity contribution in [1.82, 2.24) is 15.4 Å². The molecule has 0 spiro atoms. The van der Waals surface area contributed by atoms with E-state index >= 15 is 0 Å². The van der Waals surface area contributed by atoms with Crippen LogP contribution in [0, 0.1) is 0 Å². The molecule has 11 nitrogen and oxygen atoms in total. The standard InChI is InChI=1S/C10H5N5O2S.Cs.H3O4P/c16-18(17)10-11-8-7(6-4-2-1-3-5-6)13-15-14-9(8)12-10;;1-5(2,3)4/h1-5H;;(H3,1,2,3,4)/q;+1;/p-1. The molecule has 0 fully saturated rings. The van der Waals surface area contributed by atoms with Crippen LogP contribution in [0.25, 0.3) is 11.3 Å². The molecule has 0 unspecified atom stereocenters. The molecule has 120 valence electrons. The van der Waals surface area contributed by atoms with Crippen LogP contribution < -0.4 is 84.6 Å². The van der Waals surface area contributed by atoms with Gasteiger partial charge in [-0.2, -0.15) is 13.4 Å². The van der Waals surface area contributed by atoms with Crippen LogP contribution in [0.3, 0.4) is 0 Å². The van der Waals surface area contributed by atoms with Gasteiger partial charge in [0.2, 0.25) is 5.49 Å². The van der Waals surface area contributed by atoms with Crippen LogP contribution >= 0.6 is 7.82 Å². The van der Waals surface area contributed by atoms with Crippen LogP contribution in [0.1, 0.15) is 0 Å². The molecule has 1 aromatic carbocycles. The Morgan fingerprint density at radius 1 is 1.04 bits per heavy atom. The predicted octanol–water partition coefficient (Wildman–Crippen LogP) is -5.80. The Morgan fingerprint density at radius 2 is 1.62 bits per heavy atom. The number of rotatable bonds is 1. The minimum atomic E-state index is -4.89. The predicted molar refractivity (Wildman–Crippen MR) is 73.5 cm³/mol. The van der Waals surface area contributed by atoms with Crippen molar-refractivity contribution in [3.8, 4) is 11.3 Å². The summed E-state index contributed by atoms with van der Waals surface area (Å²) in [5.41, 5.74) is 1.41. The summed E-state index contributed by atoms with van der Waals surface area (Å²) in [5, 5.41) is 11.1. The molecule has 0 aliphatic carbocycles. The third-order valence-corrected chi connectivity index (χ3v) is 2.81. The van der Waals surface area contributed by atoms with Gasteiger partial charge >= 0.3 is 68.9 Å². The van der Waals surface area contributed by atoms with E-state index in [2.05, 4.69) is 25.4 Å². The van der Waals surface area contributed by atoms with E-state index < -0.39 is 18.1 Å². The average Bonchev–Trinajstić information content (AvgIpc) is 2.90. The second-order valence-corrected chi connectivity index (χ2v) is 5.72.